The molecule has 0 aliphatic heterocycles. The SMILES string of the molecule is NC1CCC(NCCc2cccnc2)C1. The van der Waals surface area contributed by atoms with Gasteiger partial charge in [-0.05, 0) is 43.9 Å². The first kappa shape index (κ1) is 10.6. The molecular formula is C12H19N3. The van der Waals surface area contributed by atoms with Crippen LogP contribution in [0, 0.1) is 0 Å². The minimum Gasteiger partial charge on any atom is -0.328 e. The zero-order valence-corrected chi connectivity index (χ0v) is 9.02. The fourth-order valence-corrected chi connectivity index (χ4v) is 2.17. The van der Waals surface area contributed by atoms with Crippen LogP contribution in [0.4, 0.5) is 0 Å². The molecule has 1 aliphatic carbocycles. The standard InChI is InChI=1S/C12H19N3/c13-11-3-4-12(8-11)15-7-5-10-2-1-6-14-9-10/h1-2,6,9,11-12,15H,3-5,7-8,13H2. The molecular weight excluding hydrogens is 186 g/mol. The molecule has 1 fully saturated rings. The van der Waals surface area contributed by atoms with Crippen molar-refractivity contribution in [1.29, 1.82) is 0 Å². The summed E-state index contributed by atoms with van der Waals surface area (Å²) in [6.07, 6.45) is 8.33. The zero-order chi connectivity index (χ0) is 10.5. The summed E-state index contributed by atoms with van der Waals surface area (Å²) in [5.41, 5.74) is 7.16. The molecule has 0 saturated heterocycles. The highest BCUT2D eigenvalue weighted by Gasteiger charge is 2.20. The van der Waals surface area contributed by atoms with Gasteiger partial charge < -0.3 is 11.1 Å². The van der Waals surface area contributed by atoms with Crippen LogP contribution >= 0.6 is 0 Å². The third-order valence-electron chi connectivity index (χ3n) is 3.04. The molecule has 82 valence electrons. The lowest BCUT2D eigenvalue weighted by molar-refractivity contribution is 0.520. The van der Waals surface area contributed by atoms with Crippen LogP contribution in [0.3, 0.4) is 0 Å². The molecule has 0 amide bonds. The number of aromatic nitrogens is 1. The molecule has 3 nitrogen and oxygen atoms in total. The topological polar surface area (TPSA) is 50.9 Å². The van der Waals surface area contributed by atoms with Gasteiger partial charge in [-0.1, -0.05) is 6.07 Å². The smallest absolute Gasteiger partial charge is 0.0300 e. The van der Waals surface area contributed by atoms with Crippen LogP contribution in [0.2, 0.25) is 0 Å². The van der Waals surface area contributed by atoms with Gasteiger partial charge in [-0.2, -0.15) is 0 Å². The highest BCUT2D eigenvalue weighted by molar-refractivity contribution is 5.08. The fraction of sp³-hybridized carbons (Fsp3) is 0.583. The van der Waals surface area contributed by atoms with E-state index >= 15 is 0 Å². The lowest BCUT2D eigenvalue weighted by atomic mass is 10.2. The lowest BCUT2D eigenvalue weighted by Crippen LogP contribution is -2.30. The maximum Gasteiger partial charge on any atom is 0.0300 e. The Morgan fingerprint density at radius 1 is 1.47 bits per heavy atom. The van der Waals surface area contributed by atoms with Crippen molar-refractivity contribution in [3.8, 4) is 0 Å². The Morgan fingerprint density at radius 2 is 2.40 bits per heavy atom. The van der Waals surface area contributed by atoms with Gasteiger partial charge in [0.1, 0.15) is 0 Å². The molecule has 2 atom stereocenters. The fourth-order valence-electron chi connectivity index (χ4n) is 2.17. The van der Waals surface area contributed by atoms with E-state index in [4.69, 9.17) is 5.73 Å². The van der Waals surface area contributed by atoms with Gasteiger partial charge in [0.2, 0.25) is 0 Å². The summed E-state index contributed by atoms with van der Waals surface area (Å²) < 4.78 is 0. The van der Waals surface area contributed by atoms with Crippen LogP contribution in [0.25, 0.3) is 0 Å². The van der Waals surface area contributed by atoms with Gasteiger partial charge >= 0.3 is 0 Å². The molecule has 0 bridgehead atoms. The van der Waals surface area contributed by atoms with Crippen molar-refractivity contribution in [3.05, 3.63) is 30.1 Å². The van der Waals surface area contributed by atoms with Crippen molar-refractivity contribution in [2.75, 3.05) is 6.54 Å². The molecule has 3 N–H and O–H groups in total. The van der Waals surface area contributed by atoms with Gasteiger partial charge in [-0.25, -0.2) is 0 Å². The monoisotopic (exact) mass is 205 g/mol. The Hall–Kier alpha value is -0.930. The summed E-state index contributed by atoms with van der Waals surface area (Å²) in [6, 6.07) is 5.16. The summed E-state index contributed by atoms with van der Waals surface area (Å²) in [7, 11) is 0. The van der Waals surface area contributed by atoms with Gasteiger partial charge in [0.25, 0.3) is 0 Å². The Bertz CT molecular complexity index is 286. The number of hydrogen-bond donors (Lipinski definition) is 2. The van der Waals surface area contributed by atoms with E-state index in [2.05, 4.69) is 16.4 Å². The van der Waals surface area contributed by atoms with E-state index in [0.717, 1.165) is 19.4 Å². The number of hydrogen-bond acceptors (Lipinski definition) is 3. The Morgan fingerprint density at radius 3 is 3.07 bits per heavy atom. The van der Waals surface area contributed by atoms with Crippen LogP contribution in [-0.2, 0) is 6.42 Å². The van der Waals surface area contributed by atoms with Crippen LogP contribution < -0.4 is 11.1 Å². The minimum atomic E-state index is 0.417. The zero-order valence-electron chi connectivity index (χ0n) is 9.02. The van der Waals surface area contributed by atoms with Crippen molar-refractivity contribution >= 4 is 0 Å². The lowest BCUT2D eigenvalue weighted by Gasteiger charge is -2.11. The summed E-state index contributed by atoms with van der Waals surface area (Å²) in [5, 5.41) is 3.55. The molecule has 2 rings (SSSR count). The van der Waals surface area contributed by atoms with Crippen molar-refractivity contribution in [2.24, 2.45) is 5.73 Å². The number of nitrogens with two attached hydrogens (primary N) is 1. The summed E-state index contributed by atoms with van der Waals surface area (Å²) in [6.45, 7) is 1.03. The first-order valence-corrected chi connectivity index (χ1v) is 5.72. The summed E-state index contributed by atoms with van der Waals surface area (Å²) >= 11 is 0. The molecule has 1 aromatic rings. The summed E-state index contributed by atoms with van der Waals surface area (Å²) in [4.78, 5) is 4.10. The first-order valence-electron chi connectivity index (χ1n) is 5.72. The summed E-state index contributed by atoms with van der Waals surface area (Å²) in [5.74, 6) is 0. The van der Waals surface area contributed by atoms with Gasteiger partial charge in [0, 0.05) is 24.5 Å². The van der Waals surface area contributed by atoms with Crippen molar-refractivity contribution in [1.82, 2.24) is 10.3 Å². The molecule has 1 saturated carbocycles. The maximum atomic E-state index is 5.86. The number of nitrogens with zero attached hydrogens (tertiary/aromatic N) is 1. The molecule has 2 unspecified atom stereocenters. The van der Waals surface area contributed by atoms with Gasteiger partial charge in [-0.15, -0.1) is 0 Å². The van der Waals surface area contributed by atoms with Gasteiger partial charge in [0.15, 0.2) is 0 Å². The second-order valence-electron chi connectivity index (χ2n) is 4.34. The van der Waals surface area contributed by atoms with E-state index in [1.54, 1.807) is 0 Å². The van der Waals surface area contributed by atoms with E-state index in [9.17, 15) is 0 Å². The van der Waals surface area contributed by atoms with E-state index in [0.29, 0.717) is 12.1 Å². The molecule has 0 aromatic carbocycles. The van der Waals surface area contributed by atoms with Crippen molar-refractivity contribution in [2.45, 2.75) is 37.8 Å². The van der Waals surface area contributed by atoms with Crippen molar-refractivity contribution in [3.63, 3.8) is 0 Å². The quantitative estimate of drug-likeness (QED) is 0.773. The molecule has 3 heteroatoms. The molecule has 1 aromatic heterocycles. The largest absolute Gasteiger partial charge is 0.328 e. The Labute approximate surface area is 91.1 Å². The van der Waals surface area contributed by atoms with E-state index < -0.39 is 0 Å². The van der Waals surface area contributed by atoms with Gasteiger partial charge in [0.05, 0.1) is 0 Å². The third-order valence-corrected chi connectivity index (χ3v) is 3.04. The van der Waals surface area contributed by atoms with E-state index in [1.807, 2.05) is 18.5 Å². The van der Waals surface area contributed by atoms with E-state index in [1.165, 1.54) is 18.4 Å². The molecule has 15 heavy (non-hydrogen) atoms. The van der Waals surface area contributed by atoms with E-state index in [-0.39, 0.29) is 0 Å². The van der Waals surface area contributed by atoms with Crippen LogP contribution in [0.5, 0.6) is 0 Å². The number of pyridine rings is 1. The van der Waals surface area contributed by atoms with Gasteiger partial charge in [-0.3, -0.25) is 4.98 Å². The maximum absolute atomic E-state index is 5.86. The molecule has 1 aliphatic rings. The highest BCUT2D eigenvalue weighted by atomic mass is 14.9. The first-order chi connectivity index (χ1) is 7.34. The third kappa shape index (κ3) is 3.29. The van der Waals surface area contributed by atoms with Crippen molar-refractivity contribution < 1.29 is 0 Å². The second kappa shape index (κ2) is 5.24. The Kier molecular flexibility index (Phi) is 3.69. The average Bonchev–Trinajstić information content (AvgIpc) is 2.66. The minimum absolute atomic E-state index is 0.417. The van der Waals surface area contributed by atoms with Crippen LogP contribution in [-0.4, -0.2) is 23.6 Å². The average molecular weight is 205 g/mol. The predicted octanol–water partition coefficient (Wildman–Crippen LogP) is 1.09. The molecule has 1 heterocycles. The number of nitrogens with one attached hydrogen (secondary N) is 1. The molecule has 0 radical (unpaired) electrons. The Balaban J connectivity index is 1.67. The highest BCUT2D eigenvalue weighted by Crippen LogP contribution is 2.16. The van der Waals surface area contributed by atoms with Crippen LogP contribution in [0.1, 0.15) is 24.8 Å². The van der Waals surface area contributed by atoms with Crippen LogP contribution in [0.15, 0.2) is 24.5 Å². The second-order valence-corrected chi connectivity index (χ2v) is 4.34. The molecule has 0 spiro atoms. The predicted molar refractivity (Wildman–Crippen MR) is 61.6 cm³/mol. The number of rotatable bonds is 4. The normalized spacial score (nSPS) is 25.7.